The molecule has 0 bridgehead atoms. The lowest BCUT2D eigenvalue weighted by Gasteiger charge is -2.05. The van der Waals surface area contributed by atoms with Gasteiger partial charge in [0.2, 0.25) is 0 Å². The number of nitrogens with one attached hydrogen (secondary N) is 2. The molecule has 0 fully saturated rings. The molecule has 0 spiro atoms. The van der Waals surface area contributed by atoms with Crippen LogP contribution < -0.4 is 5.32 Å². The van der Waals surface area contributed by atoms with E-state index in [4.69, 9.17) is 5.41 Å². The third-order valence-corrected chi connectivity index (χ3v) is 1.37. The molecule has 1 heterocycles. The fourth-order valence-corrected chi connectivity index (χ4v) is 0.841. The van der Waals surface area contributed by atoms with Crippen molar-refractivity contribution in [3.8, 4) is 0 Å². The second kappa shape index (κ2) is 3.14. The van der Waals surface area contributed by atoms with Gasteiger partial charge in [0.05, 0.1) is 5.71 Å². The molecule has 2 N–H and O–H groups in total. The van der Waals surface area contributed by atoms with Gasteiger partial charge in [-0.3, -0.25) is 4.99 Å². The molecular weight excluding hydrogens is 138 g/mol. The minimum Gasteiger partial charge on any atom is -0.393 e. The molecule has 0 aromatic heterocycles. The molecule has 0 amide bonds. The third-order valence-electron chi connectivity index (χ3n) is 1.37. The van der Waals surface area contributed by atoms with Crippen LogP contribution in [0.2, 0.25) is 0 Å². The fraction of sp³-hybridized carbons (Fsp3) is 0.250. The monoisotopic (exact) mass is 149 g/mol. The number of hydrogen-bond donors (Lipinski definition) is 2. The van der Waals surface area contributed by atoms with Gasteiger partial charge in [-0.1, -0.05) is 0 Å². The Labute approximate surface area is 66.0 Å². The molecular formula is C8H11N3. The molecule has 1 rings (SSSR count). The van der Waals surface area contributed by atoms with E-state index in [-0.39, 0.29) is 0 Å². The van der Waals surface area contributed by atoms with Crippen LogP contribution in [0.15, 0.2) is 28.5 Å². The molecule has 0 aromatic carbocycles. The molecule has 0 aromatic rings. The van der Waals surface area contributed by atoms with Crippen LogP contribution in [0.1, 0.15) is 6.92 Å². The molecule has 1 aliphatic heterocycles. The van der Waals surface area contributed by atoms with Gasteiger partial charge in [-0.05, 0) is 13.0 Å². The minimum absolute atomic E-state index is 0.506. The van der Waals surface area contributed by atoms with Gasteiger partial charge < -0.3 is 10.7 Å². The maximum absolute atomic E-state index is 7.50. The summed E-state index contributed by atoms with van der Waals surface area (Å²) in [5.41, 5.74) is 2.20. The first kappa shape index (κ1) is 7.72. The summed E-state index contributed by atoms with van der Waals surface area (Å²) in [6.07, 6.45) is 5.19. The molecule has 58 valence electrons. The van der Waals surface area contributed by atoms with Crippen molar-refractivity contribution in [2.75, 3.05) is 7.05 Å². The highest BCUT2D eigenvalue weighted by Crippen LogP contribution is 2.06. The number of hydrogen-bond acceptors (Lipinski definition) is 3. The van der Waals surface area contributed by atoms with Crippen LogP contribution >= 0.6 is 0 Å². The number of rotatable bonds is 1. The summed E-state index contributed by atoms with van der Waals surface area (Å²) in [5.74, 6) is 0. The summed E-state index contributed by atoms with van der Waals surface area (Å²) >= 11 is 0. The van der Waals surface area contributed by atoms with E-state index >= 15 is 0 Å². The van der Waals surface area contributed by atoms with Crippen molar-refractivity contribution in [2.24, 2.45) is 4.99 Å². The summed E-state index contributed by atoms with van der Waals surface area (Å²) in [7, 11) is 1.80. The highest BCUT2D eigenvalue weighted by atomic mass is 14.8. The molecule has 0 saturated heterocycles. The first-order chi connectivity index (χ1) is 5.24. The van der Waals surface area contributed by atoms with E-state index in [0.29, 0.717) is 5.71 Å². The number of aliphatic imine (C=N–C) groups is 1. The maximum atomic E-state index is 7.50. The molecule has 11 heavy (non-hydrogen) atoms. The van der Waals surface area contributed by atoms with Crippen LogP contribution in [0, 0.1) is 5.41 Å². The van der Waals surface area contributed by atoms with Gasteiger partial charge in [0.25, 0.3) is 0 Å². The Morgan fingerprint density at radius 3 is 2.91 bits per heavy atom. The second-order valence-electron chi connectivity index (χ2n) is 2.35. The lowest BCUT2D eigenvalue weighted by molar-refractivity contribution is 1.10. The van der Waals surface area contributed by atoms with Gasteiger partial charge in [-0.25, -0.2) is 0 Å². The molecule has 0 aliphatic carbocycles. The quantitative estimate of drug-likeness (QED) is 0.576. The Kier molecular flexibility index (Phi) is 2.21. The molecule has 0 atom stereocenters. The van der Waals surface area contributed by atoms with E-state index in [0.717, 1.165) is 11.3 Å². The first-order valence-corrected chi connectivity index (χ1v) is 3.43. The predicted octanol–water partition coefficient (Wildman–Crippen LogP) is 1.10. The van der Waals surface area contributed by atoms with Gasteiger partial charge in [-0.15, -0.1) is 0 Å². The summed E-state index contributed by atoms with van der Waals surface area (Å²) in [6.45, 7) is 1.88. The molecule has 3 nitrogen and oxygen atoms in total. The van der Waals surface area contributed by atoms with Crippen LogP contribution in [-0.2, 0) is 0 Å². The topological polar surface area (TPSA) is 48.2 Å². The van der Waals surface area contributed by atoms with Crippen molar-refractivity contribution in [1.29, 1.82) is 5.41 Å². The average molecular weight is 149 g/mol. The van der Waals surface area contributed by atoms with Crippen molar-refractivity contribution in [3.05, 3.63) is 23.5 Å². The highest BCUT2D eigenvalue weighted by Gasteiger charge is 2.03. The van der Waals surface area contributed by atoms with Gasteiger partial charge in [0.1, 0.15) is 0 Å². The van der Waals surface area contributed by atoms with Crippen molar-refractivity contribution in [2.45, 2.75) is 6.92 Å². The SMILES string of the molecule is CN/C=C1/C=NC(C)=CC1=N. The Hall–Kier alpha value is -1.38. The van der Waals surface area contributed by atoms with Gasteiger partial charge >= 0.3 is 0 Å². The van der Waals surface area contributed by atoms with Gasteiger partial charge in [0, 0.05) is 30.7 Å². The molecule has 3 heteroatoms. The molecule has 0 radical (unpaired) electrons. The van der Waals surface area contributed by atoms with E-state index in [1.807, 2.05) is 6.92 Å². The largest absolute Gasteiger partial charge is 0.393 e. The lowest BCUT2D eigenvalue weighted by Crippen LogP contribution is -2.08. The third kappa shape index (κ3) is 1.77. The lowest BCUT2D eigenvalue weighted by atomic mass is 10.1. The number of nitrogens with zero attached hydrogens (tertiary/aromatic N) is 1. The van der Waals surface area contributed by atoms with Crippen molar-refractivity contribution in [1.82, 2.24) is 5.32 Å². The van der Waals surface area contributed by atoms with Crippen LogP contribution in [0.4, 0.5) is 0 Å². The second-order valence-corrected chi connectivity index (χ2v) is 2.35. The molecule has 1 aliphatic rings. The molecule has 0 saturated carbocycles. The summed E-state index contributed by atoms with van der Waals surface area (Å²) in [6, 6.07) is 0. The zero-order valence-electron chi connectivity index (χ0n) is 6.68. The smallest absolute Gasteiger partial charge is 0.0660 e. The Morgan fingerprint density at radius 2 is 2.36 bits per heavy atom. The standard InChI is InChI=1S/C8H11N3/c1-6-3-8(9)7(4-10-2)5-11-6/h3-5,9-10H,1-2H3/b7-4-,9-8?. The van der Waals surface area contributed by atoms with Gasteiger partial charge in [0.15, 0.2) is 0 Å². The highest BCUT2D eigenvalue weighted by molar-refractivity contribution is 6.21. The fourth-order valence-electron chi connectivity index (χ4n) is 0.841. The Morgan fingerprint density at radius 1 is 1.64 bits per heavy atom. The maximum Gasteiger partial charge on any atom is 0.0660 e. The first-order valence-electron chi connectivity index (χ1n) is 3.43. The average Bonchev–Trinajstić information content (AvgIpc) is 1.95. The molecule has 0 unspecified atom stereocenters. The number of allylic oxidation sites excluding steroid dienone is 3. The van der Waals surface area contributed by atoms with E-state index < -0.39 is 0 Å². The van der Waals surface area contributed by atoms with Gasteiger partial charge in [-0.2, -0.15) is 0 Å². The normalized spacial score (nSPS) is 20.4. The van der Waals surface area contributed by atoms with E-state index in [1.165, 1.54) is 0 Å². The van der Waals surface area contributed by atoms with Crippen LogP contribution in [0.25, 0.3) is 0 Å². The summed E-state index contributed by atoms with van der Waals surface area (Å²) < 4.78 is 0. The minimum atomic E-state index is 0.506. The summed E-state index contributed by atoms with van der Waals surface area (Å²) in [5, 5.41) is 10.4. The zero-order chi connectivity index (χ0) is 8.27. The van der Waals surface area contributed by atoms with E-state index in [9.17, 15) is 0 Å². The van der Waals surface area contributed by atoms with Crippen LogP contribution in [-0.4, -0.2) is 19.0 Å². The summed E-state index contributed by atoms with van der Waals surface area (Å²) in [4.78, 5) is 4.07. The Bertz CT molecular complexity index is 259. The van der Waals surface area contributed by atoms with Crippen molar-refractivity contribution in [3.63, 3.8) is 0 Å². The zero-order valence-corrected chi connectivity index (χ0v) is 6.68. The van der Waals surface area contributed by atoms with E-state index in [1.54, 1.807) is 25.5 Å². The van der Waals surface area contributed by atoms with Crippen molar-refractivity contribution >= 4 is 11.9 Å². The van der Waals surface area contributed by atoms with Crippen LogP contribution in [0.5, 0.6) is 0 Å². The van der Waals surface area contributed by atoms with Crippen molar-refractivity contribution < 1.29 is 0 Å². The Balaban J connectivity index is 2.86. The predicted molar refractivity (Wildman–Crippen MR) is 47.1 cm³/mol. The van der Waals surface area contributed by atoms with E-state index in [2.05, 4.69) is 10.3 Å². The van der Waals surface area contributed by atoms with Crippen LogP contribution in [0.3, 0.4) is 0 Å².